The molecule has 0 saturated heterocycles. The number of amides is 1. The molecule has 1 aliphatic heterocycles. The van der Waals surface area contributed by atoms with Crippen LogP contribution in [0.25, 0.3) is 0 Å². The lowest BCUT2D eigenvalue weighted by Gasteiger charge is -2.28. The Bertz CT molecular complexity index is 1030. The molecule has 1 N–H and O–H groups in total. The fourth-order valence-electron chi connectivity index (χ4n) is 3.30. The zero-order valence-corrected chi connectivity index (χ0v) is 19.3. The summed E-state index contributed by atoms with van der Waals surface area (Å²) in [5, 5.41) is 0. The first-order valence-electron chi connectivity index (χ1n) is 10.5. The van der Waals surface area contributed by atoms with Gasteiger partial charge in [-0.1, -0.05) is 13.8 Å². The second-order valence-corrected chi connectivity index (χ2v) is 9.92. The summed E-state index contributed by atoms with van der Waals surface area (Å²) in [6, 6.07) is 11.3. The average Bonchev–Trinajstić information content (AvgIpc) is 2.83. The van der Waals surface area contributed by atoms with Crippen LogP contribution in [0.3, 0.4) is 0 Å². The quantitative estimate of drug-likeness (QED) is 0.648. The van der Waals surface area contributed by atoms with Crippen molar-refractivity contribution in [3.8, 4) is 11.5 Å². The predicted octanol–water partition coefficient (Wildman–Crippen LogP) is 4.44. The predicted molar refractivity (Wildman–Crippen MR) is 121 cm³/mol. The van der Waals surface area contributed by atoms with Crippen LogP contribution < -0.4 is 19.1 Å². The number of hydrogen-bond acceptors (Lipinski definition) is 5. The molecule has 0 spiro atoms. The summed E-state index contributed by atoms with van der Waals surface area (Å²) in [7, 11) is -3.80. The van der Waals surface area contributed by atoms with E-state index in [-0.39, 0.29) is 17.4 Å². The van der Waals surface area contributed by atoms with Crippen molar-refractivity contribution in [3.63, 3.8) is 0 Å². The van der Waals surface area contributed by atoms with Gasteiger partial charge in [-0.05, 0) is 69.2 Å². The van der Waals surface area contributed by atoms with Crippen LogP contribution in [0.15, 0.2) is 47.4 Å². The zero-order valence-electron chi connectivity index (χ0n) is 18.5. The number of nitrogens with zero attached hydrogens (tertiary/aromatic N) is 1. The van der Waals surface area contributed by atoms with Crippen molar-refractivity contribution in [2.75, 3.05) is 29.4 Å². The molecular formula is C23H30N2O5S. The molecule has 0 atom stereocenters. The lowest BCUT2D eigenvalue weighted by molar-refractivity contribution is -0.127. The number of carbonyl (C=O) groups is 1. The molecule has 0 bridgehead atoms. The Labute approximate surface area is 184 Å². The maximum Gasteiger partial charge on any atom is 0.261 e. The number of fused-ring (bicyclic) bond motifs is 1. The number of ether oxygens (including phenoxy) is 2. The van der Waals surface area contributed by atoms with Crippen molar-refractivity contribution in [1.82, 2.24) is 0 Å². The number of hydrogen-bond donors (Lipinski definition) is 1. The fourth-order valence-corrected chi connectivity index (χ4v) is 4.35. The summed E-state index contributed by atoms with van der Waals surface area (Å²) in [5.74, 6) is 1.14. The van der Waals surface area contributed by atoms with Crippen molar-refractivity contribution in [3.05, 3.63) is 42.5 Å². The molecule has 1 heterocycles. The first-order valence-corrected chi connectivity index (χ1v) is 12.0. The van der Waals surface area contributed by atoms with E-state index >= 15 is 0 Å². The maximum atomic E-state index is 13.0. The number of benzene rings is 2. The van der Waals surface area contributed by atoms with Gasteiger partial charge in [0, 0.05) is 6.54 Å². The highest BCUT2D eigenvalue weighted by Gasteiger charge is 2.37. The van der Waals surface area contributed by atoms with Gasteiger partial charge in [0.2, 0.25) is 5.91 Å². The van der Waals surface area contributed by atoms with E-state index in [1.807, 2.05) is 27.7 Å². The van der Waals surface area contributed by atoms with Crippen LogP contribution in [-0.4, -0.2) is 34.1 Å². The third-order valence-corrected chi connectivity index (χ3v) is 6.37. The molecule has 0 saturated carbocycles. The molecule has 0 radical (unpaired) electrons. The Hall–Kier alpha value is -2.74. The molecule has 3 rings (SSSR count). The van der Waals surface area contributed by atoms with Crippen LogP contribution in [-0.2, 0) is 14.8 Å². The Morgan fingerprint density at radius 3 is 2.45 bits per heavy atom. The summed E-state index contributed by atoms with van der Waals surface area (Å²) >= 11 is 0. The van der Waals surface area contributed by atoms with Crippen LogP contribution in [0.2, 0.25) is 0 Å². The van der Waals surface area contributed by atoms with Gasteiger partial charge in [0.1, 0.15) is 18.1 Å². The third kappa shape index (κ3) is 5.12. The van der Waals surface area contributed by atoms with Crippen molar-refractivity contribution in [2.24, 2.45) is 5.41 Å². The van der Waals surface area contributed by atoms with E-state index in [0.717, 1.165) is 12.8 Å². The highest BCUT2D eigenvalue weighted by Crippen LogP contribution is 2.38. The van der Waals surface area contributed by atoms with Gasteiger partial charge in [-0.25, -0.2) is 8.42 Å². The molecule has 2 aromatic rings. The molecule has 0 fully saturated rings. The summed E-state index contributed by atoms with van der Waals surface area (Å²) in [5.41, 5.74) is 0.262. The minimum Gasteiger partial charge on any atom is -0.494 e. The Balaban J connectivity index is 1.88. The molecular weight excluding hydrogens is 416 g/mol. The van der Waals surface area contributed by atoms with E-state index < -0.39 is 15.4 Å². The molecule has 168 valence electrons. The third-order valence-electron chi connectivity index (χ3n) is 4.97. The molecule has 31 heavy (non-hydrogen) atoms. The number of sulfonamides is 1. The second kappa shape index (κ2) is 9.18. The van der Waals surface area contributed by atoms with Crippen molar-refractivity contribution < 1.29 is 22.7 Å². The molecule has 1 amide bonds. The van der Waals surface area contributed by atoms with E-state index in [2.05, 4.69) is 4.72 Å². The fraction of sp³-hybridized carbons (Fsp3) is 0.435. The number of carbonyl (C=O) groups excluding carboxylic acids is 1. The minimum atomic E-state index is -3.80. The van der Waals surface area contributed by atoms with Gasteiger partial charge in [-0.3, -0.25) is 9.52 Å². The molecule has 0 unspecified atom stereocenters. The minimum absolute atomic E-state index is 0.0456. The van der Waals surface area contributed by atoms with Crippen LogP contribution >= 0.6 is 0 Å². The Morgan fingerprint density at radius 2 is 1.81 bits per heavy atom. The van der Waals surface area contributed by atoms with E-state index in [1.54, 1.807) is 35.2 Å². The maximum absolute atomic E-state index is 13.0. The van der Waals surface area contributed by atoms with Gasteiger partial charge in [0.05, 0.1) is 28.3 Å². The largest absolute Gasteiger partial charge is 0.494 e. The normalized spacial score (nSPS) is 15.6. The van der Waals surface area contributed by atoms with Crippen LogP contribution in [0.5, 0.6) is 11.5 Å². The Kier molecular flexibility index (Phi) is 6.79. The number of rotatable bonds is 8. The molecule has 0 aliphatic carbocycles. The highest BCUT2D eigenvalue weighted by molar-refractivity contribution is 7.92. The first kappa shape index (κ1) is 22.9. The summed E-state index contributed by atoms with van der Waals surface area (Å²) in [6.07, 6.45) is 1.64. The molecule has 2 aromatic carbocycles. The molecule has 1 aliphatic rings. The van der Waals surface area contributed by atoms with Gasteiger partial charge < -0.3 is 14.4 Å². The molecule has 8 heteroatoms. The number of nitrogens with one attached hydrogen (secondary N) is 1. The smallest absolute Gasteiger partial charge is 0.261 e. The van der Waals surface area contributed by atoms with E-state index in [1.165, 1.54) is 12.1 Å². The molecule has 0 aromatic heterocycles. The van der Waals surface area contributed by atoms with E-state index in [9.17, 15) is 13.2 Å². The SMILES string of the molecule is CCCOc1ccc(S(=O)(=O)Nc2ccc3c(c2)N(CCC)C(=O)C(C)(C)CO3)cc1. The Morgan fingerprint density at radius 1 is 1.10 bits per heavy atom. The van der Waals surface area contributed by atoms with Crippen LogP contribution in [0.4, 0.5) is 11.4 Å². The summed E-state index contributed by atoms with van der Waals surface area (Å²) in [6.45, 7) is 9.05. The number of anilines is 2. The van der Waals surface area contributed by atoms with Crippen LogP contribution in [0, 0.1) is 5.41 Å². The molecule has 7 nitrogen and oxygen atoms in total. The standard InChI is InChI=1S/C23H30N2O5S/c1-5-13-25-20-15-17(7-12-21(20)30-16-23(3,4)22(25)26)24-31(27,28)19-10-8-18(9-11-19)29-14-6-2/h7-12,15,24H,5-6,13-14,16H2,1-4H3. The summed E-state index contributed by atoms with van der Waals surface area (Å²) < 4.78 is 39.7. The van der Waals surface area contributed by atoms with E-state index in [4.69, 9.17) is 9.47 Å². The lowest BCUT2D eigenvalue weighted by atomic mass is 9.93. The zero-order chi connectivity index (χ0) is 22.6. The highest BCUT2D eigenvalue weighted by atomic mass is 32.2. The van der Waals surface area contributed by atoms with Gasteiger partial charge in [-0.15, -0.1) is 0 Å². The summed E-state index contributed by atoms with van der Waals surface area (Å²) in [4.78, 5) is 14.9. The van der Waals surface area contributed by atoms with Crippen LogP contribution in [0.1, 0.15) is 40.5 Å². The van der Waals surface area contributed by atoms with Gasteiger partial charge in [0.15, 0.2) is 0 Å². The second-order valence-electron chi connectivity index (χ2n) is 8.24. The van der Waals surface area contributed by atoms with Crippen molar-refractivity contribution in [2.45, 2.75) is 45.4 Å². The van der Waals surface area contributed by atoms with Crippen molar-refractivity contribution in [1.29, 1.82) is 0 Å². The monoisotopic (exact) mass is 446 g/mol. The van der Waals surface area contributed by atoms with Gasteiger partial charge in [-0.2, -0.15) is 0 Å². The lowest BCUT2D eigenvalue weighted by Crippen LogP contribution is -2.42. The average molecular weight is 447 g/mol. The van der Waals surface area contributed by atoms with Gasteiger partial charge in [0.25, 0.3) is 10.0 Å². The van der Waals surface area contributed by atoms with E-state index in [0.29, 0.717) is 36.0 Å². The first-order chi connectivity index (χ1) is 14.7. The van der Waals surface area contributed by atoms with Crippen molar-refractivity contribution >= 4 is 27.3 Å². The van der Waals surface area contributed by atoms with Gasteiger partial charge >= 0.3 is 0 Å². The topological polar surface area (TPSA) is 84.9 Å².